The van der Waals surface area contributed by atoms with Gasteiger partial charge in [-0.05, 0) is 37.0 Å². The highest BCUT2D eigenvalue weighted by Crippen LogP contribution is 2.36. The molecule has 1 saturated heterocycles. The van der Waals surface area contributed by atoms with Crippen LogP contribution in [0.2, 0.25) is 0 Å². The molecule has 3 nitrogen and oxygen atoms in total. The lowest BCUT2D eigenvalue weighted by Gasteiger charge is -2.29. The highest BCUT2D eigenvalue weighted by atomic mass is 35.5. The predicted molar refractivity (Wildman–Crippen MR) is 83.8 cm³/mol. The maximum atomic E-state index is 12.3. The average molecular weight is 301 g/mol. The molecule has 116 valence electrons. The number of fused-ring (bicyclic) bond motifs is 1. The zero-order chi connectivity index (χ0) is 13.2. The zero-order valence-corrected chi connectivity index (χ0v) is 13.2. The molecule has 3 rings (SSSR count). The normalized spacial score (nSPS) is 33.9. The van der Waals surface area contributed by atoms with Crippen LogP contribution in [0.1, 0.15) is 57.8 Å². The molecule has 20 heavy (non-hydrogen) atoms. The molecule has 2 aliphatic carbocycles. The molecule has 3 atom stereocenters. The van der Waals surface area contributed by atoms with Crippen LogP contribution in [0.3, 0.4) is 0 Å². The molecule has 2 saturated carbocycles. The predicted octanol–water partition coefficient (Wildman–Crippen LogP) is 2.96. The van der Waals surface area contributed by atoms with E-state index in [1.807, 2.05) is 0 Å². The van der Waals surface area contributed by atoms with Gasteiger partial charge in [0, 0.05) is 25.6 Å². The summed E-state index contributed by atoms with van der Waals surface area (Å²) in [5, 5.41) is 0. The molecule has 0 aromatic carbocycles. The Hall–Kier alpha value is -0.280. The molecule has 1 aliphatic heterocycles. The number of hydrogen-bond acceptors (Lipinski definition) is 2. The highest BCUT2D eigenvalue weighted by molar-refractivity contribution is 5.85. The second kappa shape index (κ2) is 7.13. The third-order valence-electron chi connectivity index (χ3n) is 5.75. The quantitative estimate of drug-likeness (QED) is 0.871. The van der Waals surface area contributed by atoms with E-state index < -0.39 is 0 Å². The molecule has 2 N–H and O–H groups in total. The van der Waals surface area contributed by atoms with Crippen molar-refractivity contribution in [2.24, 2.45) is 23.5 Å². The summed E-state index contributed by atoms with van der Waals surface area (Å²) >= 11 is 0. The fraction of sp³-hybridized carbons (Fsp3) is 0.938. The van der Waals surface area contributed by atoms with Gasteiger partial charge in [-0.15, -0.1) is 12.4 Å². The van der Waals surface area contributed by atoms with Gasteiger partial charge in [-0.2, -0.15) is 0 Å². The molecule has 3 fully saturated rings. The summed E-state index contributed by atoms with van der Waals surface area (Å²) in [6.07, 6.45) is 11.1. The van der Waals surface area contributed by atoms with Crippen molar-refractivity contribution in [1.29, 1.82) is 0 Å². The van der Waals surface area contributed by atoms with Gasteiger partial charge in [0.1, 0.15) is 0 Å². The summed E-state index contributed by atoms with van der Waals surface area (Å²) in [6.45, 7) is 1.93. The lowest BCUT2D eigenvalue weighted by atomic mass is 9.78. The summed E-state index contributed by atoms with van der Waals surface area (Å²) in [7, 11) is 0. The Morgan fingerprint density at radius 3 is 2.50 bits per heavy atom. The molecular formula is C16H29ClN2O. The summed E-state index contributed by atoms with van der Waals surface area (Å²) < 4.78 is 0. The standard InChI is InChI=1S/C16H28N2O.ClH/c17-15-7-3-6-13-10-18(11-14(13)15)16(19)9-8-12-4-1-2-5-12;/h12-15H,1-11,17H2;1H. The monoisotopic (exact) mass is 300 g/mol. The number of nitrogens with zero attached hydrogens (tertiary/aromatic N) is 1. The summed E-state index contributed by atoms with van der Waals surface area (Å²) in [5.74, 6) is 2.51. The first-order chi connectivity index (χ1) is 9.24. The Labute approximate surface area is 129 Å². The number of amides is 1. The molecule has 1 heterocycles. The molecule has 0 aromatic rings. The van der Waals surface area contributed by atoms with Gasteiger partial charge in [0.25, 0.3) is 0 Å². The fourth-order valence-electron chi connectivity index (χ4n) is 4.51. The van der Waals surface area contributed by atoms with Gasteiger partial charge >= 0.3 is 0 Å². The van der Waals surface area contributed by atoms with Crippen molar-refractivity contribution in [3.05, 3.63) is 0 Å². The Morgan fingerprint density at radius 2 is 1.80 bits per heavy atom. The van der Waals surface area contributed by atoms with Crippen LogP contribution in [0.5, 0.6) is 0 Å². The number of nitrogens with two attached hydrogens (primary N) is 1. The van der Waals surface area contributed by atoms with Crippen molar-refractivity contribution in [3.63, 3.8) is 0 Å². The Bertz CT molecular complexity index is 330. The van der Waals surface area contributed by atoms with Crippen molar-refractivity contribution in [1.82, 2.24) is 4.90 Å². The first kappa shape index (κ1) is 16.1. The molecule has 0 bridgehead atoms. The van der Waals surface area contributed by atoms with E-state index in [-0.39, 0.29) is 12.4 Å². The largest absolute Gasteiger partial charge is 0.342 e. The number of rotatable bonds is 3. The number of hydrogen-bond donors (Lipinski definition) is 1. The van der Waals surface area contributed by atoms with Gasteiger partial charge in [-0.3, -0.25) is 4.79 Å². The minimum atomic E-state index is 0. The van der Waals surface area contributed by atoms with E-state index in [1.165, 1.54) is 38.5 Å². The van der Waals surface area contributed by atoms with Gasteiger partial charge in [-0.1, -0.05) is 32.1 Å². The summed E-state index contributed by atoms with van der Waals surface area (Å²) in [6, 6.07) is 0.339. The molecule has 3 unspecified atom stereocenters. The lowest BCUT2D eigenvalue weighted by molar-refractivity contribution is -0.130. The highest BCUT2D eigenvalue weighted by Gasteiger charge is 2.40. The van der Waals surface area contributed by atoms with Gasteiger partial charge in [0.05, 0.1) is 0 Å². The number of likely N-dealkylation sites (tertiary alicyclic amines) is 1. The number of carbonyl (C=O) groups is 1. The first-order valence-electron chi connectivity index (χ1n) is 8.27. The maximum Gasteiger partial charge on any atom is 0.222 e. The van der Waals surface area contributed by atoms with Gasteiger partial charge in [0.2, 0.25) is 5.91 Å². The summed E-state index contributed by atoms with van der Waals surface area (Å²) in [4.78, 5) is 14.5. The van der Waals surface area contributed by atoms with Crippen LogP contribution in [0.4, 0.5) is 0 Å². The van der Waals surface area contributed by atoms with Gasteiger partial charge < -0.3 is 10.6 Å². The second-order valence-electron chi connectivity index (χ2n) is 7.01. The van der Waals surface area contributed by atoms with Crippen LogP contribution in [0.25, 0.3) is 0 Å². The molecule has 1 amide bonds. The van der Waals surface area contributed by atoms with Crippen LogP contribution in [-0.2, 0) is 4.79 Å². The van der Waals surface area contributed by atoms with Crippen LogP contribution in [0, 0.1) is 17.8 Å². The van der Waals surface area contributed by atoms with Gasteiger partial charge in [0.15, 0.2) is 0 Å². The SMILES string of the molecule is Cl.NC1CCCC2CN(C(=O)CCC3CCCC3)CC12. The minimum absolute atomic E-state index is 0. The second-order valence-corrected chi connectivity index (χ2v) is 7.01. The topological polar surface area (TPSA) is 46.3 Å². The summed E-state index contributed by atoms with van der Waals surface area (Å²) in [5.41, 5.74) is 6.22. The fourth-order valence-corrected chi connectivity index (χ4v) is 4.51. The molecule has 3 aliphatic rings. The molecule has 4 heteroatoms. The van der Waals surface area contributed by atoms with Crippen molar-refractivity contribution in [2.45, 2.75) is 63.8 Å². The Morgan fingerprint density at radius 1 is 1.05 bits per heavy atom. The van der Waals surface area contributed by atoms with Crippen LogP contribution in [0.15, 0.2) is 0 Å². The molecule has 0 radical (unpaired) electrons. The van der Waals surface area contributed by atoms with Crippen molar-refractivity contribution >= 4 is 18.3 Å². The van der Waals surface area contributed by atoms with Crippen molar-refractivity contribution < 1.29 is 4.79 Å². The average Bonchev–Trinajstić information content (AvgIpc) is 3.05. The van der Waals surface area contributed by atoms with E-state index in [1.54, 1.807) is 0 Å². The molecule has 0 aromatic heterocycles. The molecule has 0 spiro atoms. The van der Waals surface area contributed by atoms with Crippen LogP contribution < -0.4 is 5.73 Å². The third kappa shape index (κ3) is 3.48. The number of halogens is 1. The van der Waals surface area contributed by atoms with E-state index in [4.69, 9.17) is 5.73 Å². The maximum absolute atomic E-state index is 12.3. The van der Waals surface area contributed by atoms with Gasteiger partial charge in [-0.25, -0.2) is 0 Å². The van der Waals surface area contributed by atoms with Crippen LogP contribution >= 0.6 is 12.4 Å². The zero-order valence-electron chi connectivity index (χ0n) is 12.4. The van der Waals surface area contributed by atoms with E-state index >= 15 is 0 Å². The third-order valence-corrected chi connectivity index (χ3v) is 5.75. The van der Waals surface area contributed by atoms with E-state index in [0.29, 0.717) is 23.8 Å². The van der Waals surface area contributed by atoms with E-state index in [9.17, 15) is 4.79 Å². The lowest BCUT2D eigenvalue weighted by Crippen LogP contribution is -2.38. The van der Waals surface area contributed by atoms with E-state index in [0.717, 1.165) is 38.3 Å². The van der Waals surface area contributed by atoms with Crippen LogP contribution in [-0.4, -0.2) is 29.9 Å². The first-order valence-corrected chi connectivity index (χ1v) is 8.27. The number of carbonyl (C=O) groups excluding carboxylic acids is 1. The Kier molecular flexibility index (Phi) is 5.74. The molecular weight excluding hydrogens is 272 g/mol. The van der Waals surface area contributed by atoms with Crippen molar-refractivity contribution in [3.8, 4) is 0 Å². The van der Waals surface area contributed by atoms with Crippen molar-refractivity contribution in [2.75, 3.05) is 13.1 Å². The Balaban J connectivity index is 0.00000147. The van der Waals surface area contributed by atoms with E-state index in [2.05, 4.69) is 4.90 Å². The minimum Gasteiger partial charge on any atom is -0.342 e. The smallest absolute Gasteiger partial charge is 0.222 e.